The van der Waals surface area contributed by atoms with Gasteiger partial charge in [0.15, 0.2) is 5.82 Å². The van der Waals surface area contributed by atoms with Crippen molar-refractivity contribution in [3.8, 4) is 11.4 Å². The van der Waals surface area contributed by atoms with Crippen LogP contribution < -0.4 is 5.32 Å². The van der Waals surface area contributed by atoms with E-state index in [-0.39, 0.29) is 11.8 Å². The molecule has 24 heavy (non-hydrogen) atoms. The molecule has 5 nitrogen and oxygen atoms in total. The van der Waals surface area contributed by atoms with E-state index in [1.807, 2.05) is 74.5 Å². The summed E-state index contributed by atoms with van der Waals surface area (Å²) in [7, 11) is 0. The molecule has 0 bridgehead atoms. The summed E-state index contributed by atoms with van der Waals surface area (Å²) in [5, 5.41) is 7.63. The number of anilines is 1. The Balaban J connectivity index is 1.91. The van der Waals surface area contributed by atoms with Gasteiger partial charge in [-0.3, -0.25) is 4.79 Å². The fourth-order valence-electron chi connectivity index (χ4n) is 2.31. The molecule has 0 spiro atoms. The molecule has 0 unspecified atom stereocenters. The number of aromatic nitrogens is 3. The van der Waals surface area contributed by atoms with Gasteiger partial charge in [0.05, 0.1) is 0 Å². The first-order valence-corrected chi connectivity index (χ1v) is 7.99. The molecule has 1 aromatic heterocycles. The Hall–Kier alpha value is -2.95. The highest BCUT2D eigenvalue weighted by atomic mass is 16.2. The standard InChI is InChI=1S/C19H20N4O/c1-14(2)18(24)23-19(20-13-15-9-5-3-6-10-15)21-17(22-23)16-11-7-4-8-12-16/h3-12,14H,13H2,1-2H3,(H,20,21,22). The molecule has 122 valence electrons. The van der Waals surface area contributed by atoms with Crippen molar-refractivity contribution >= 4 is 11.9 Å². The Morgan fingerprint density at radius 3 is 2.29 bits per heavy atom. The second-order valence-electron chi connectivity index (χ2n) is 5.87. The highest BCUT2D eigenvalue weighted by molar-refractivity contribution is 5.83. The minimum Gasteiger partial charge on any atom is -0.350 e. The van der Waals surface area contributed by atoms with Gasteiger partial charge in [-0.1, -0.05) is 74.5 Å². The highest BCUT2D eigenvalue weighted by Crippen LogP contribution is 2.19. The monoisotopic (exact) mass is 320 g/mol. The molecule has 0 saturated carbocycles. The fraction of sp³-hybridized carbons (Fsp3) is 0.211. The number of nitrogens with one attached hydrogen (secondary N) is 1. The Morgan fingerprint density at radius 1 is 1.04 bits per heavy atom. The van der Waals surface area contributed by atoms with Gasteiger partial charge >= 0.3 is 0 Å². The predicted octanol–water partition coefficient (Wildman–Crippen LogP) is 3.85. The number of carbonyl (C=O) groups is 1. The van der Waals surface area contributed by atoms with Crippen LogP contribution in [0.5, 0.6) is 0 Å². The van der Waals surface area contributed by atoms with Crippen LogP contribution in [-0.4, -0.2) is 20.7 Å². The normalized spacial score (nSPS) is 10.8. The van der Waals surface area contributed by atoms with E-state index in [2.05, 4.69) is 15.4 Å². The van der Waals surface area contributed by atoms with Crippen molar-refractivity contribution in [3.63, 3.8) is 0 Å². The number of benzene rings is 2. The lowest BCUT2D eigenvalue weighted by atomic mass is 10.2. The quantitative estimate of drug-likeness (QED) is 0.775. The number of carbonyl (C=O) groups excluding carboxylic acids is 1. The van der Waals surface area contributed by atoms with Crippen LogP contribution in [0, 0.1) is 5.92 Å². The van der Waals surface area contributed by atoms with Crippen LogP contribution in [0.25, 0.3) is 11.4 Å². The molecule has 1 heterocycles. The third kappa shape index (κ3) is 3.51. The fourth-order valence-corrected chi connectivity index (χ4v) is 2.31. The van der Waals surface area contributed by atoms with E-state index >= 15 is 0 Å². The third-order valence-corrected chi connectivity index (χ3v) is 3.64. The van der Waals surface area contributed by atoms with E-state index in [9.17, 15) is 4.79 Å². The van der Waals surface area contributed by atoms with Crippen LogP contribution in [0.2, 0.25) is 0 Å². The lowest BCUT2D eigenvalue weighted by Crippen LogP contribution is -2.21. The molecule has 0 atom stereocenters. The molecule has 5 heteroatoms. The lowest BCUT2D eigenvalue weighted by Gasteiger charge is -2.08. The Morgan fingerprint density at radius 2 is 1.67 bits per heavy atom. The second-order valence-corrected chi connectivity index (χ2v) is 5.87. The summed E-state index contributed by atoms with van der Waals surface area (Å²) < 4.78 is 1.37. The maximum Gasteiger partial charge on any atom is 0.252 e. The van der Waals surface area contributed by atoms with E-state index in [4.69, 9.17) is 0 Å². The molecular formula is C19H20N4O. The molecule has 3 rings (SSSR count). The Kier molecular flexibility index (Phi) is 4.70. The summed E-state index contributed by atoms with van der Waals surface area (Å²) in [6, 6.07) is 19.6. The lowest BCUT2D eigenvalue weighted by molar-refractivity contribution is 0.0841. The molecule has 3 aromatic rings. The van der Waals surface area contributed by atoms with Crippen molar-refractivity contribution in [2.45, 2.75) is 20.4 Å². The average molecular weight is 320 g/mol. The Labute approximate surface area is 141 Å². The summed E-state index contributed by atoms with van der Waals surface area (Å²) in [6.45, 7) is 4.29. The molecule has 0 radical (unpaired) electrons. The third-order valence-electron chi connectivity index (χ3n) is 3.64. The van der Waals surface area contributed by atoms with Crippen molar-refractivity contribution in [3.05, 3.63) is 66.2 Å². The maximum atomic E-state index is 12.4. The van der Waals surface area contributed by atoms with Crippen LogP contribution in [0.4, 0.5) is 5.95 Å². The minimum absolute atomic E-state index is 0.0831. The van der Waals surface area contributed by atoms with Crippen LogP contribution in [-0.2, 0) is 6.54 Å². The van der Waals surface area contributed by atoms with Gasteiger partial charge in [-0.15, -0.1) is 5.10 Å². The zero-order chi connectivity index (χ0) is 16.9. The molecule has 0 fully saturated rings. The summed E-state index contributed by atoms with van der Waals surface area (Å²) in [5.41, 5.74) is 2.00. The highest BCUT2D eigenvalue weighted by Gasteiger charge is 2.19. The predicted molar refractivity (Wildman–Crippen MR) is 94.7 cm³/mol. The second kappa shape index (κ2) is 7.08. The van der Waals surface area contributed by atoms with E-state index in [1.54, 1.807) is 0 Å². The van der Waals surface area contributed by atoms with Gasteiger partial charge in [-0.2, -0.15) is 9.67 Å². The number of hydrogen-bond donors (Lipinski definition) is 1. The topological polar surface area (TPSA) is 59.8 Å². The van der Waals surface area contributed by atoms with E-state index in [1.165, 1.54) is 4.68 Å². The number of rotatable bonds is 5. The van der Waals surface area contributed by atoms with Crippen LogP contribution in [0.15, 0.2) is 60.7 Å². The van der Waals surface area contributed by atoms with Crippen molar-refractivity contribution in [2.75, 3.05) is 5.32 Å². The van der Waals surface area contributed by atoms with Gasteiger partial charge in [0, 0.05) is 18.0 Å². The van der Waals surface area contributed by atoms with Crippen LogP contribution >= 0.6 is 0 Å². The maximum absolute atomic E-state index is 12.4. The van der Waals surface area contributed by atoms with E-state index < -0.39 is 0 Å². The number of nitrogens with zero attached hydrogens (tertiary/aromatic N) is 3. The van der Waals surface area contributed by atoms with Crippen molar-refractivity contribution in [1.82, 2.24) is 14.8 Å². The van der Waals surface area contributed by atoms with Crippen molar-refractivity contribution in [1.29, 1.82) is 0 Å². The molecule has 0 aliphatic rings. The summed E-state index contributed by atoms with van der Waals surface area (Å²) in [6.07, 6.45) is 0. The van der Waals surface area contributed by atoms with Crippen molar-refractivity contribution in [2.24, 2.45) is 5.92 Å². The largest absolute Gasteiger partial charge is 0.350 e. The van der Waals surface area contributed by atoms with Gasteiger partial charge in [-0.25, -0.2) is 0 Å². The molecule has 0 aliphatic heterocycles. The SMILES string of the molecule is CC(C)C(=O)n1nc(-c2ccccc2)nc1NCc1ccccc1. The first kappa shape index (κ1) is 15.9. The Bertz CT molecular complexity index is 810. The van der Waals surface area contributed by atoms with Gasteiger partial charge in [0.1, 0.15) is 0 Å². The summed E-state index contributed by atoms with van der Waals surface area (Å²) in [4.78, 5) is 17.0. The smallest absolute Gasteiger partial charge is 0.252 e. The van der Waals surface area contributed by atoms with E-state index in [0.717, 1.165) is 11.1 Å². The zero-order valence-corrected chi connectivity index (χ0v) is 13.8. The summed E-state index contributed by atoms with van der Waals surface area (Å²) in [5.74, 6) is 0.768. The van der Waals surface area contributed by atoms with Gasteiger partial charge in [0.25, 0.3) is 5.91 Å². The van der Waals surface area contributed by atoms with Gasteiger partial charge in [0.2, 0.25) is 5.95 Å². The minimum atomic E-state index is -0.160. The average Bonchev–Trinajstić information content (AvgIpc) is 3.05. The molecule has 1 N–H and O–H groups in total. The first-order valence-electron chi connectivity index (χ1n) is 7.99. The first-order chi connectivity index (χ1) is 11.6. The van der Waals surface area contributed by atoms with Gasteiger partial charge in [-0.05, 0) is 5.56 Å². The zero-order valence-electron chi connectivity index (χ0n) is 13.8. The molecule has 0 aliphatic carbocycles. The molecule has 0 saturated heterocycles. The summed E-state index contributed by atoms with van der Waals surface area (Å²) >= 11 is 0. The molecule has 2 aromatic carbocycles. The molecule has 0 amide bonds. The number of hydrogen-bond acceptors (Lipinski definition) is 4. The van der Waals surface area contributed by atoms with E-state index in [0.29, 0.717) is 18.3 Å². The van der Waals surface area contributed by atoms with Gasteiger partial charge < -0.3 is 5.32 Å². The van der Waals surface area contributed by atoms with Crippen LogP contribution in [0.3, 0.4) is 0 Å². The molecular weight excluding hydrogens is 300 g/mol. The van der Waals surface area contributed by atoms with Crippen molar-refractivity contribution < 1.29 is 4.79 Å². The van der Waals surface area contributed by atoms with Crippen LogP contribution in [0.1, 0.15) is 24.2 Å².